The Hall–Kier alpha value is -2.74. The number of benzene rings is 3. The van der Waals surface area contributed by atoms with Crippen molar-refractivity contribution in [3.63, 3.8) is 0 Å². The van der Waals surface area contributed by atoms with Gasteiger partial charge in [0.25, 0.3) is 0 Å². The highest BCUT2D eigenvalue weighted by molar-refractivity contribution is 5.60. The fourth-order valence-corrected chi connectivity index (χ4v) is 4.17. The third kappa shape index (κ3) is 3.21. The molecule has 0 atom stereocenters. The van der Waals surface area contributed by atoms with E-state index in [-0.39, 0.29) is 5.92 Å². The van der Waals surface area contributed by atoms with E-state index in [0.717, 1.165) is 33.4 Å². The first-order chi connectivity index (χ1) is 12.7. The summed E-state index contributed by atoms with van der Waals surface area (Å²) in [5.74, 6) is 0.733. The van der Waals surface area contributed by atoms with Crippen molar-refractivity contribution in [3.8, 4) is 11.5 Å². The molecule has 140 valence electrons. The summed E-state index contributed by atoms with van der Waals surface area (Å²) in [7, 11) is 0. The Morgan fingerprint density at radius 1 is 0.593 bits per heavy atom. The lowest BCUT2D eigenvalue weighted by Crippen LogP contribution is -2.12. The van der Waals surface area contributed by atoms with Crippen LogP contribution in [0, 0.1) is 41.5 Å². The van der Waals surface area contributed by atoms with E-state index in [2.05, 4.69) is 52.0 Å². The maximum absolute atomic E-state index is 10.3. The topological polar surface area (TPSA) is 40.5 Å². The van der Waals surface area contributed by atoms with Crippen LogP contribution in [-0.4, -0.2) is 10.2 Å². The number of rotatable bonds is 3. The average molecular weight is 360 g/mol. The van der Waals surface area contributed by atoms with Gasteiger partial charge < -0.3 is 10.2 Å². The quantitative estimate of drug-likeness (QED) is 0.552. The second kappa shape index (κ2) is 7.11. The van der Waals surface area contributed by atoms with Gasteiger partial charge in [-0.2, -0.15) is 0 Å². The smallest absolute Gasteiger partial charge is 0.119 e. The Morgan fingerprint density at radius 2 is 1.00 bits per heavy atom. The summed E-state index contributed by atoms with van der Waals surface area (Å²) in [4.78, 5) is 0. The molecule has 3 aromatic rings. The van der Waals surface area contributed by atoms with Crippen LogP contribution in [0.15, 0.2) is 42.5 Å². The van der Waals surface area contributed by atoms with Gasteiger partial charge in [-0.25, -0.2) is 0 Å². The molecule has 0 amide bonds. The number of aromatic hydroxyl groups is 2. The monoisotopic (exact) mass is 360 g/mol. The highest BCUT2D eigenvalue weighted by Crippen LogP contribution is 2.43. The van der Waals surface area contributed by atoms with Crippen LogP contribution in [0.1, 0.15) is 56.0 Å². The van der Waals surface area contributed by atoms with Gasteiger partial charge in [0.2, 0.25) is 0 Å². The summed E-state index contributed by atoms with van der Waals surface area (Å²) in [6, 6.07) is 14.2. The van der Waals surface area contributed by atoms with Gasteiger partial charge in [0.15, 0.2) is 0 Å². The average Bonchev–Trinajstić information content (AvgIpc) is 2.64. The van der Waals surface area contributed by atoms with Crippen LogP contribution in [0.3, 0.4) is 0 Å². The van der Waals surface area contributed by atoms with Crippen LogP contribution in [-0.2, 0) is 0 Å². The zero-order valence-electron chi connectivity index (χ0n) is 17.0. The second-order valence-electron chi connectivity index (χ2n) is 7.60. The van der Waals surface area contributed by atoms with Crippen molar-refractivity contribution in [3.05, 3.63) is 92.5 Å². The first-order valence-corrected chi connectivity index (χ1v) is 9.38. The van der Waals surface area contributed by atoms with E-state index in [1.54, 1.807) is 0 Å². The maximum Gasteiger partial charge on any atom is 0.119 e. The first kappa shape index (κ1) is 19.0. The van der Waals surface area contributed by atoms with Crippen LogP contribution < -0.4 is 0 Å². The molecule has 0 aromatic heterocycles. The Bertz CT molecular complexity index is 938. The third-order valence-electron chi connectivity index (χ3n) is 5.97. The summed E-state index contributed by atoms with van der Waals surface area (Å²) in [5.41, 5.74) is 9.90. The maximum atomic E-state index is 10.3. The molecule has 0 fully saturated rings. The Morgan fingerprint density at radius 3 is 1.41 bits per heavy atom. The molecule has 3 rings (SSSR count). The van der Waals surface area contributed by atoms with Crippen LogP contribution in [0.2, 0.25) is 0 Å². The van der Waals surface area contributed by atoms with Crippen LogP contribution >= 0.6 is 0 Å². The molecular formula is C25H28O2. The van der Waals surface area contributed by atoms with Gasteiger partial charge in [-0.1, -0.05) is 30.3 Å². The second-order valence-corrected chi connectivity index (χ2v) is 7.60. The molecule has 0 unspecified atom stereocenters. The Balaban J connectivity index is 2.42. The van der Waals surface area contributed by atoms with E-state index in [0.29, 0.717) is 11.5 Å². The van der Waals surface area contributed by atoms with Crippen LogP contribution in [0.25, 0.3) is 0 Å². The zero-order valence-corrected chi connectivity index (χ0v) is 17.0. The number of hydrogen-bond donors (Lipinski definition) is 2. The molecule has 0 aliphatic heterocycles. The number of phenolic OH excluding ortho intramolecular Hbond substituents is 2. The first-order valence-electron chi connectivity index (χ1n) is 9.38. The highest BCUT2D eigenvalue weighted by Gasteiger charge is 2.26. The van der Waals surface area contributed by atoms with E-state index >= 15 is 0 Å². The normalized spacial score (nSPS) is 11.2. The highest BCUT2D eigenvalue weighted by atomic mass is 16.3. The molecule has 0 aliphatic rings. The summed E-state index contributed by atoms with van der Waals surface area (Å²) in [6.45, 7) is 12.2. The third-order valence-corrected chi connectivity index (χ3v) is 5.97. The zero-order chi connectivity index (χ0) is 19.9. The Kier molecular flexibility index (Phi) is 5.01. The molecular weight excluding hydrogens is 332 g/mol. The van der Waals surface area contributed by atoms with Gasteiger partial charge in [0.05, 0.1) is 0 Å². The van der Waals surface area contributed by atoms with Crippen molar-refractivity contribution in [1.82, 2.24) is 0 Å². The molecule has 0 spiro atoms. The van der Waals surface area contributed by atoms with Crippen molar-refractivity contribution in [2.45, 2.75) is 47.5 Å². The molecule has 2 heteroatoms. The van der Waals surface area contributed by atoms with Crippen LogP contribution in [0.4, 0.5) is 0 Å². The van der Waals surface area contributed by atoms with Gasteiger partial charge in [-0.15, -0.1) is 0 Å². The molecule has 2 nitrogen and oxygen atoms in total. The summed E-state index contributed by atoms with van der Waals surface area (Å²) < 4.78 is 0. The lowest BCUT2D eigenvalue weighted by atomic mass is 9.76. The molecule has 0 heterocycles. The van der Waals surface area contributed by atoms with E-state index in [9.17, 15) is 10.2 Å². The summed E-state index contributed by atoms with van der Waals surface area (Å²) in [5, 5.41) is 20.6. The van der Waals surface area contributed by atoms with Crippen LogP contribution in [0.5, 0.6) is 11.5 Å². The van der Waals surface area contributed by atoms with E-state index in [4.69, 9.17) is 0 Å². The van der Waals surface area contributed by atoms with Gasteiger partial charge >= 0.3 is 0 Å². The van der Waals surface area contributed by atoms with Gasteiger partial charge in [-0.05, 0) is 104 Å². The SMILES string of the molecule is Cc1cc(O)c(C)c(C)c1C(c1ccccc1)c1c(C)cc(O)c(C)c1C. The lowest BCUT2D eigenvalue weighted by molar-refractivity contribution is 0.469. The van der Waals surface area contributed by atoms with Crippen molar-refractivity contribution in [2.24, 2.45) is 0 Å². The predicted molar refractivity (Wildman–Crippen MR) is 112 cm³/mol. The fourth-order valence-electron chi connectivity index (χ4n) is 4.17. The standard InChI is InChI=1S/C25H28O2/c1-14-12-21(26)16(3)18(5)23(14)25(20-10-8-7-9-11-20)24-15(2)13-22(27)17(4)19(24)6/h7-13,25-27H,1-6H3. The van der Waals surface area contributed by atoms with Gasteiger partial charge in [0.1, 0.15) is 11.5 Å². The number of phenols is 2. The number of aryl methyl sites for hydroxylation is 2. The minimum atomic E-state index is 0.0461. The lowest BCUT2D eigenvalue weighted by Gasteiger charge is -2.28. The van der Waals surface area contributed by atoms with Crippen molar-refractivity contribution in [1.29, 1.82) is 0 Å². The van der Waals surface area contributed by atoms with Crippen molar-refractivity contribution in [2.75, 3.05) is 0 Å². The molecule has 27 heavy (non-hydrogen) atoms. The minimum Gasteiger partial charge on any atom is -0.508 e. The molecule has 0 saturated heterocycles. The summed E-state index contributed by atoms with van der Waals surface area (Å²) in [6.07, 6.45) is 0. The van der Waals surface area contributed by atoms with E-state index < -0.39 is 0 Å². The molecule has 0 radical (unpaired) electrons. The largest absolute Gasteiger partial charge is 0.508 e. The Labute approximate surface area is 162 Å². The summed E-state index contributed by atoms with van der Waals surface area (Å²) >= 11 is 0. The van der Waals surface area contributed by atoms with E-state index in [1.165, 1.54) is 16.7 Å². The number of hydrogen-bond acceptors (Lipinski definition) is 2. The molecule has 3 aromatic carbocycles. The minimum absolute atomic E-state index is 0.0461. The van der Waals surface area contributed by atoms with Gasteiger partial charge in [-0.3, -0.25) is 0 Å². The molecule has 0 bridgehead atoms. The van der Waals surface area contributed by atoms with Gasteiger partial charge in [0, 0.05) is 5.92 Å². The molecule has 0 aliphatic carbocycles. The van der Waals surface area contributed by atoms with Crippen molar-refractivity contribution < 1.29 is 10.2 Å². The predicted octanol–water partition coefficient (Wildman–Crippen LogP) is 6.13. The van der Waals surface area contributed by atoms with Crippen molar-refractivity contribution >= 4 is 0 Å². The molecule has 0 saturated carbocycles. The van der Waals surface area contributed by atoms with E-state index in [1.807, 2.05) is 32.0 Å². The fraction of sp³-hybridized carbons (Fsp3) is 0.280. The molecule has 2 N–H and O–H groups in total.